The molecule has 0 heterocycles. The Kier molecular flexibility index (Phi) is 20.3. The molecule has 0 spiro atoms. The second-order valence-electron chi connectivity index (χ2n) is 7.94. The first kappa shape index (κ1) is 32.1. The van der Waals surface area contributed by atoms with E-state index in [9.17, 15) is 5.11 Å². The van der Waals surface area contributed by atoms with E-state index < -0.39 is 13.9 Å². The van der Waals surface area contributed by atoms with Crippen molar-refractivity contribution in [2.24, 2.45) is 0 Å². The molecule has 0 aliphatic carbocycles. The third-order valence-corrected chi connectivity index (χ3v) is 4.22. The molecule has 0 aromatic heterocycles. The van der Waals surface area contributed by atoms with Gasteiger partial charge in [0.1, 0.15) is 6.10 Å². The van der Waals surface area contributed by atoms with Gasteiger partial charge in [-0.2, -0.15) is 0 Å². The summed E-state index contributed by atoms with van der Waals surface area (Å²) in [6.07, 6.45) is 14.9. The van der Waals surface area contributed by atoms with Crippen LogP contribution < -0.4 is 0 Å². The van der Waals surface area contributed by atoms with E-state index in [4.69, 9.17) is 29.1 Å². The molecule has 0 aromatic carbocycles. The van der Waals surface area contributed by atoms with Crippen molar-refractivity contribution in [3.8, 4) is 0 Å². The third-order valence-electron chi connectivity index (χ3n) is 4.22. The van der Waals surface area contributed by atoms with Gasteiger partial charge in [-0.3, -0.25) is 0 Å². The standard InChI is InChI=1S/C23H40O3.H3O4P/c1-19(2)9-6-10-20(3)11-7-12-21(4)13-8-14-22(5)15-16-26-18-23(25)17-24;1-5(2,3)4/h9,11,13,15,23-25H,6-8,10,12,14,16-18H2,1-5H3;(H3,1,2,3,4). The maximum Gasteiger partial charge on any atom is 0.466 e. The van der Waals surface area contributed by atoms with Crippen LogP contribution in [0.3, 0.4) is 0 Å². The van der Waals surface area contributed by atoms with E-state index in [-0.39, 0.29) is 13.2 Å². The number of aliphatic hydroxyl groups excluding tert-OH is 2. The van der Waals surface area contributed by atoms with Crippen molar-refractivity contribution in [3.63, 3.8) is 0 Å². The van der Waals surface area contributed by atoms with E-state index in [0.29, 0.717) is 6.61 Å². The number of ether oxygens (including phenoxy) is 1. The molecule has 0 aliphatic rings. The Hall–Kier alpha value is -1.05. The number of hydrogen-bond acceptors (Lipinski definition) is 4. The molecule has 5 N–H and O–H groups in total. The number of aliphatic hydroxyl groups is 2. The Morgan fingerprint density at radius 2 is 1.19 bits per heavy atom. The van der Waals surface area contributed by atoms with E-state index in [0.717, 1.165) is 38.5 Å². The van der Waals surface area contributed by atoms with Gasteiger partial charge < -0.3 is 29.6 Å². The van der Waals surface area contributed by atoms with Crippen LogP contribution >= 0.6 is 7.82 Å². The lowest BCUT2D eigenvalue weighted by atomic mass is 10.0. The molecule has 182 valence electrons. The van der Waals surface area contributed by atoms with Crippen LogP contribution in [0.1, 0.15) is 73.1 Å². The second kappa shape index (κ2) is 19.6. The van der Waals surface area contributed by atoms with Crippen molar-refractivity contribution < 1.29 is 34.2 Å². The van der Waals surface area contributed by atoms with Gasteiger partial charge in [0, 0.05) is 0 Å². The van der Waals surface area contributed by atoms with Crippen LogP contribution in [0.5, 0.6) is 0 Å². The van der Waals surface area contributed by atoms with Gasteiger partial charge in [0.15, 0.2) is 0 Å². The molecule has 0 saturated carbocycles. The number of allylic oxidation sites excluding steroid dienone is 7. The maximum atomic E-state index is 9.19. The average Bonchev–Trinajstić information content (AvgIpc) is 2.63. The Morgan fingerprint density at radius 3 is 1.58 bits per heavy atom. The highest BCUT2D eigenvalue weighted by molar-refractivity contribution is 7.45. The van der Waals surface area contributed by atoms with Crippen LogP contribution in [-0.4, -0.2) is 50.8 Å². The molecule has 7 nitrogen and oxygen atoms in total. The van der Waals surface area contributed by atoms with E-state index in [1.807, 2.05) is 6.08 Å². The summed E-state index contributed by atoms with van der Waals surface area (Å²) in [5.74, 6) is 0. The van der Waals surface area contributed by atoms with Gasteiger partial charge in [-0.25, -0.2) is 4.57 Å². The highest BCUT2D eigenvalue weighted by atomic mass is 31.2. The van der Waals surface area contributed by atoms with Crippen molar-refractivity contribution in [1.82, 2.24) is 0 Å². The molecule has 0 fully saturated rings. The van der Waals surface area contributed by atoms with E-state index in [1.54, 1.807) is 0 Å². The molecule has 0 radical (unpaired) electrons. The first-order chi connectivity index (χ1) is 14.3. The molecular weight excluding hydrogens is 419 g/mol. The maximum absolute atomic E-state index is 9.19. The van der Waals surface area contributed by atoms with E-state index in [2.05, 4.69) is 52.8 Å². The molecule has 1 unspecified atom stereocenters. The molecule has 0 bridgehead atoms. The summed E-state index contributed by atoms with van der Waals surface area (Å²) < 4.78 is 14.2. The van der Waals surface area contributed by atoms with Crippen LogP contribution in [0.2, 0.25) is 0 Å². The van der Waals surface area contributed by atoms with E-state index >= 15 is 0 Å². The Balaban J connectivity index is 0. The summed E-state index contributed by atoms with van der Waals surface area (Å²) in [7, 11) is -4.64. The summed E-state index contributed by atoms with van der Waals surface area (Å²) in [6, 6.07) is 0. The number of phosphoric acid groups is 1. The Morgan fingerprint density at radius 1 is 0.806 bits per heavy atom. The SMILES string of the molecule is CC(C)=CCCC(C)=CCCC(C)=CCCC(C)=CCOCC(O)CO.O=P(O)(O)O. The summed E-state index contributed by atoms with van der Waals surface area (Å²) >= 11 is 0. The largest absolute Gasteiger partial charge is 0.466 e. The molecule has 0 saturated heterocycles. The van der Waals surface area contributed by atoms with Crippen LogP contribution in [-0.2, 0) is 9.30 Å². The van der Waals surface area contributed by atoms with Gasteiger partial charge in [-0.05, 0) is 73.1 Å². The quantitative estimate of drug-likeness (QED) is 0.145. The highest BCUT2D eigenvalue weighted by Gasteiger charge is 2.00. The van der Waals surface area contributed by atoms with Gasteiger partial charge >= 0.3 is 7.82 Å². The van der Waals surface area contributed by atoms with Crippen molar-refractivity contribution in [2.45, 2.75) is 79.2 Å². The monoisotopic (exact) mass is 462 g/mol. The van der Waals surface area contributed by atoms with Crippen LogP contribution in [0.25, 0.3) is 0 Å². The summed E-state index contributed by atoms with van der Waals surface area (Å²) in [4.78, 5) is 21.6. The van der Waals surface area contributed by atoms with Crippen LogP contribution in [0.4, 0.5) is 0 Å². The second-order valence-corrected chi connectivity index (χ2v) is 8.96. The molecule has 0 rings (SSSR count). The lowest BCUT2D eigenvalue weighted by Crippen LogP contribution is -2.19. The minimum atomic E-state index is -4.64. The normalized spacial score (nSPS) is 14.1. The Bertz CT molecular complexity index is 618. The molecule has 0 aromatic rings. The molecule has 0 aliphatic heterocycles. The van der Waals surface area contributed by atoms with Gasteiger partial charge in [0.05, 0.1) is 19.8 Å². The van der Waals surface area contributed by atoms with E-state index in [1.165, 1.54) is 22.3 Å². The molecule has 1 atom stereocenters. The lowest BCUT2D eigenvalue weighted by Gasteiger charge is -2.06. The minimum Gasteiger partial charge on any atom is -0.394 e. The van der Waals surface area contributed by atoms with Gasteiger partial charge in [0.2, 0.25) is 0 Å². The zero-order valence-corrected chi connectivity index (χ0v) is 20.6. The molecule has 8 heteroatoms. The molecule has 31 heavy (non-hydrogen) atoms. The first-order valence-electron chi connectivity index (χ1n) is 10.6. The van der Waals surface area contributed by atoms with Gasteiger partial charge in [-0.15, -0.1) is 0 Å². The Labute approximate surface area is 188 Å². The van der Waals surface area contributed by atoms with Crippen molar-refractivity contribution >= 4 is 7.82 Å². The molecule has 0 amide bonds. The zero-order chi connectivity index (χ0) is 24.3. The highest BCUT2D eigenvalue weighted by Crippen LogP contribution is 2.25. The fourth-order valence-corrected chi connectivity index (χ4v) is 2.45. The predicted molar refractivity (Wildman–Crippen MR) is 127 cm³/mol. The van der Waals surface area contributed by atoms with Gasteiger partial charge in [-0.1, -0.05) is 46.6 Å². The fourth-order valence-electron chi connectivity index (χ4n) is 2.45. The smallest absolute Gasteiger partial charge is 0.394 e. The van der Waals surface area contributed by atoms with Crippen LogP contribution in [0, 0.1) is 0 Å². The van der Waals surface area contributed by atoms with Crippen molar-refractivity contribution in [2.75, 3.05) is 19.8 Å². The lowest BCUT2D eigenvalue weighted by molar-refractivity contribution is 0.0148. The van der Waals surface area contributed by atoms with Gasteiger partial charge in [0.25, 0.3) is 0 Å². The minimum absolute atomic E-state index is 0.181. The first-order valence-corrected chi connectivity index (χ1v) is 12.2. The molecular formula is C23H43O7P. The summed E-state index contributed by atoms with van der Waals surface area (Å²) in [5.41, 5.74) is 5.63. The number of hydrogen-bond donors (Lipinski definition) is 5. The fraction of sp³-hybridized carbons (Fsp3) is 0.652. The summed E-state index contributed by atoms with van der Waals surface area (Å²) in [6.45, 7) is 11.3. The number of rotatable bonds is 14. The topological polar surface area (TPSA) is 127 Å². The predicted octanol–water partition coefficient (Wildman–Crippen LogP) is 4.57. The zero-order valence-electron chi connectivity index (χ0n) is 19.8. The van der Waals surface area contributed by atoms with Crippen LogP contribution in [0.15, 0.2) is 46.6 Å². The average molecular weight is 463 g/mol. The van der Waals surface area contributed by atoms with Crippen molar-refractivity contribution in [3.05, 3.63) is 46.6 Å². The summed E-state index contributed by atoms with van der Waals surface area (Å²) in [5, 5.41) is 17.9. The van der Waals surface area contributed by atoms with Crippen molar-refractivity contribution in [1.29, 1.82) is 0 Å². The third kappa shape index (κ3) is 31.2.